The molecular formula is C22H30N2O3. The van der Waals surface area contributed by atoms with Crippen molar-refractivity contribution in [3.05, 3.63) is 59.2 Å². The van der Waals surface area contributed by atoms with Crippen LogP contribution in [0.5, 0.6) is 11.5 Å². The molecule has 0 spiro atoms. The minimum absolute atomic E-state index is 0.0430. The molecule has 5 heteroatoms. The maximum atomic E-state index is 11.9. The van der Waals surface area contributed by atoms with Gasteiger partial charge >= 0.3 is 0 Å². The van der Waals surface area contributed by atoms with Gasteiger partial charge < -0.3 is 20.1 Å². The van der Waals surface area contributed by atoms with Gasteiger partial charge in [0.2, 0.25) is 0 Å². The van der Waals surface area contributed by atoms with Crippen LogP contribution in [0.15, 0.2) is 42.5 Å². The normalized spacial score (nSPS) is 11.1. The lowest BCUT2D eigenvalue weighted by molar-refractivity contribution is -0.124. The standard InChI is InChI=1S/C22H30N2O3/c1-16-6-8-17(9-7-16)13-23-14-18-10-11-19(20(12-18)26-5)27-15-21(25)24-22(2,3)4/h6-12,23H,13-15H2,1-5H3,(H,24,25). The molecule has 0 atom stereocenters. The molecule has 2 aromatic carbocycles. The zero-order valence-electron chi connectivity index (χ0n) is 16.9. The first-order valence-electron chi connectivity index (χ1n) is 9.14. The van der Waals surface area contributed by atoms with Crippen LogP contribution in [0.25, 0.3) is 0 Å². The summed E-state index contributed by atoms with van der Waals surface area (Å²) in [6.07, 6.45) is 0. The molecule has 0 saturated carbocycles. The van der Waals surface area contributed by atoms with Crippen molar-refractivity contribution in [2.24, 2.45) is 0 Å². The van der Waals surface area contributed by atoms with Crippen molar-refractivity contribution in [3.63, 3.8) is 0 Å². The molecule has 0 aliphatic carbocycles. The second-order valence-electron chi connectivity index (χ2n) is 7.66. The Labute approximate surface area is 162 Å². The minimum Gasteiger partial charge on any atom is -0.493 e. The Balaban J connectivity index is 1.89. The summed E-state index contributed by atoms with van der Waals surface area (Å²) in [5.41, 5.74) is 3.32. The van der Waals surface area contributed by atoms with Crippen molar-refractivity contribution in [3.8, 4) is 11.5 Å². The molecule has 0 aliphatic heterocycles. The van der Waals surface area contributed by atoms with Gasteiger partial charge in [0.25, 0.3) is 5.91 Å². The zero-order valence-corrected chi connectivity index (χ0v) is 16.9. The predicted molar refractivity (Wildman–Crippen MR) is 108 cm³/mol. The van der Waals surface area contributed by atoms with Crippen LogP contribution in [-0.4, -0.2) is 25.2 Å². The highest BCUT2D eigenvalue weighted by molar-refractivity contribution is 5.78. The molecule has 5 nitrogen and oxygen atoms in total. The van der Waals surface area contributed by atoms with Gasteiger partial charge in [-0.15, -0.1) is 0 Å². The maximum absolute atomic E-state index is 11.9. The van der Waals surface area contributed by atoms with E-state index in [4.69, 9.17) is 9.47 Å². The van der Waals surface area contributed by atoms with Crippen molar-refractivity contribution in [1.29, 1.82) is 0 Å². The fraction of sp³-hybridized carbons (Fsp3) is 0.409. The maximum Gasteiger partial charge on any atom is 0.258 e. The van der Waals surface area contributed by atoms with Crippen LogP contribution in [0.2, 0.25) is 0 Å². The van der Waals surface area contributed by atoms with Crippen LogP contribution < -0.4 is 20.1 Å². The first-order valence-corrected chi connectivity index (χ1v) is 9.14. The highest BCUT2D eigenvalue weighted by atomic mass is 16.5. The summed E-state index contributed by atoms with van der Waals surface area (Å²) in [6.45, 7) is 9.36. The number of ether oxygens (including phenoxy) is 2. The fourth-order valence-corrected chi connectivity index (χ4v) is 2.60. The van der Waals surface area contributed by atoms with E-state index >= 15 is 0 Å². The van der Waals surface area contributed by atoms with Gasteiger partial charge in [-0.2, -0.15) is 0 Å². The fourth-order valence-electron chi connectivity index (χ4n) is 2.60. The summed E-state index contributed by atoms with van der Waals surface area (Å²) in [4.78, 5) is 11.9. The molecule has 0 heterocycles. The van der Waals surface area contributed by atoms with Gasteiger partial charge in [0.05, 0.1) is 7.11 Å². The number of benzene rings is 2. The van der Waals surface area contributed by atoms with E-state index in [0.29, 0.717) is 11.5 Å². The largest absolute Gasteiger partial charge is 0.493 e. The molecule has 0 saturated heterocycles. The molecule has 27 heavy (non-hydrogen) atoms. The van der Waals surface area contributed by atoms with Crippen molar-refractivity contribution in [2.45, 2.75) is 46.3 Å². The summed E-state index contributed by atoms with van der Waals surface area (Å²) < 4.78 is 11.0. The number of carbonyl (C=O) groups excluding carboxylic acids is 1. The molecule has 2 aromatic rings. The Bertz CT molecular complexity index is 749. The van der Waals surface area contributed by atoms with E-state index in [9.17, 15) is 4.79 Å². The molecule has 0 fully saturated rings. The van der Waals surface area contributed by atoms with Gasteiger partial charge in [-0.05, 0) is 51.0 Å². The number of carbonyl (C=O) groups is 1. The number of hydrogen-bond acceptors (Lipinski definition) is 4. The topological polar surface area (TPSA) is 59.6 Å². The van der Waals surface area contributed by atoms with E-state index in [-0.39, 0.29) is 18.1 Å². The van der Waals surface area contributed by atoms with E-state index in [1.807, 2.05) is 39.0 Å². The quantitative estimate of drug-likeness (QED) is 0.746. The van der Waals surface area contributed by atoms with Gasteiger partial charge in [-0.1, -0.05) is 35.9 Å². The number of rotatable bonds is 8. The Hall–Kier alpha value is -2.53. The van der Waals surface area contributed by atoms with E-state index in [2.05, 4.69) is 41.8 Å². The Kier molecular flexibility index (Phi) is 7.25. The summed E-state index contributed by atoms with van der Waals surface area (Å²) >= 11 is 0. The van der Waals surface area contributed by atoms with Gasteiger partial charge in [-0.3, -0.25) is 4.79 Å². The van der Waals surface area contributed by atoms with Crippen LogP contribution in [0.1, 0.15) is 37.5 Å². The number of aryl methyl sites for hydroxylation is 1. The lowest BCUT2D eigenvalue weighted by Crippen LogP contribution is -2.43. The molecule has 146 valence electrons. The van der Waals surface area contributed by atoms with Gasteiger partial charge in [0, 0.05) is 18.6 Å². The molecule has 2 N–H and O–H groups in total. The zero-order chi connectivity index (χ0) is 19.9. The third-order valence-corrected chi connectivity index (χ3v) is 3.88. The van der Waals surface area contributed by atoms with Crippen LogP contribution in [0.3, 0.4) is 0 Å². The van der Waals surface area contributed by atoms with E-state index in [0.717, 1.165) is 18.7 Å². The predicted octanol–water partition coefficient (Wildman–Crippen LogP) is 3.59. The van der Waals surface area contributed by atoms with Gasteiger partial charge in [0.1, 0.15) is 0 Å². The minimum atomic E-state index is -0.280. The lowest BCUT2D eigenvalue weighted by atomic mass is 10.1. The average molecular weight is 370 g/mol. The SMILES string of the molecule is COc1cc(CNCc2ccc(C)cc2)ccc1OCC(=O)NC(C)(C)C. The monoisotopic (exact) mass is 370 g/mol. The van der Waals surface area contributed by atoms with E-state index < -0.39 is 0 Å². The summed E-state index contributed by atoms with van der Waals surface area (Å²) in [6, 6.07) is 14.2. The van der Waals surface area contributed by atoms with E-state index in [1.54, 1.807) is 7.11 Å². The molecule has 1 amide bonds. The van der Waals surface area contributed by atoms with Gasteiger partial charge in [-0.25, -0.2) is 0 Å². The Morgan fingerprint density at radius 3 is 2.22 bits per heavy atom. The van der Waals surface area contributed by atoms with Crippen molar-refractivity contribution in [1.82, 2.24) is 10.6 Å². The number of methoxy groups -OCH3 is 1. The van der Waals surface area contributed by atoms with E-state index in [1.165, 1.54) is 11.1 Å². The third kappa shape index (κ3) is 7.31. The second-order valence-corrected chi connectivity index (χ2v) is 7.66. The van der Waals surface area contributed by atoms with Crippen LogP contribution in [0.4, 0.5) is 0 Å². The summed E-state index contributed by atoms with van der Waals surface area (Å²) in [5, 5.41) is 6.29. The number of hydrogen-bond donors (Lipinski definition) is 2. The van der Waals surface area contributed by atoms with Crippen LogP contribution in [0, 0.1) is 6.92 Å². The Morgan fingerprint density at radius 2 is 1.59 bits per heavy atom. The lowest BCUT2D eigenvalue weighted by Gasteiger charge is -2.20. The van der Waals surface area contributed by atoms with Crippen molar-refractivity contribution in [2.75, 3.05) is 13.7 Å². The number of amides is 1. The van der Waals surface area contributed by atoms with Crippen molar-refractivity contribution >= 4 is 5.91 Å². The van der Waals surface area contributed by atoms with Gasteiger partial charge in [0.15, 0.2) is 18.1 Å². The molecule has 0 aromatic heterocycles. The van der Waals surface area contributed by atoms with Crippen LogP contribution >= 0.6 is 0 Å². The number of nitrogens with one attached hydrogen (secondary N) is 2. The second kappa shape index (κ2) is 9.42. The smallest absolute Gasteiger partial charge is 0.258 e. The molecule has 0 unspecified atom stereocenters. The highest BCUT2D eigenvalue weighted by Gasteiger charge is 2.15. The highest BCUT2D eigenvalue weighted by Crippen LogP contribution is 2.28. The molecule has 0 bridgehead atoms. The first kappa shape index (κ1) is 20.8. The molecule has 2 rings (SSSR count). The first-order chi connectivity index (χ1) is 12.8. The summed E-state index contributed by atoms with van der Waals surface area (Å²) in [5.74, 6) is 1.02. The van der Waals surface area contributed by atoms with Crippen LogP contribution in [-0.2, 0) is 17.9 Å². The molecule has 0 radical (unpaired) electrons. The average Bonchev–Trinajstić information content (AvgIpc) is 2.60. The molecule has 0 aliphatic rings. The third-order valence-electron chi connectivity index (χ3n) is 3.88. The Morgan fingerprint density at radius 1 is 0.963 bits per heavy atom. The van der Waals surface area contributed by atoms with Crippen molar-refractivity contribution < 1.29 is 14.3 Å². The molecular weight excluding hydrogens is 340 g/mol. The summed E-state index contributed by atoms with van der Waals surface area (Å²) in [7, 11) is 1.60.